The molecule has 108 valence electrons. The molecule has 0 radical (unpaired) electrons. The number of carboxylic acids is 1. The van der Waals surface area contributed by atoms with Gasteiger partial charge in [0.1, 0.15) is 0 Å². The molecule has 4 N–H and O–H groups in total. The first-order valence-corrected chi connectivity index (χ1v) is 6.40. The van der Waals surface area contributed by atoms with Crippen molar-refractivity contribution in [3.63, 3.8) is 0 Å². The highest BCUT2D eigenvalue weighted by molar-refractivity contribution is 5.93. The van der Waals surface area contributed by atoms with Crippen LogP contribution in [-0.2, 0) is 10.3 Å². The number of carbonyl (C=O) groups excluding carboxylic acids is 1. The van der Waals surface area contributed by atoms with E-state index in [1.54, 1.807) is 55.5 Å². The van der Waals surface area contributed by atoms with Gasteiger partial charge in [-0.25, -0.2) is 4.79 Å². The molecule has 0 bridgehead atoms. The molecule has 5 heteroatoms. The minimum atomic E-state index is -1.27. The Morgan fingerprint density at radius 2 is 1.62 bits per heavy atom. The van der Waals surface area contributed by atoms with Crippen LogP contribution in [-0.4, -0.2) is 17.0 Å². The summed E-state index contributed by atoms with van der Waals surface area (Å²) in [6.45, 7) is 1.59. The number of hydrogen-bond donors (Lipinski definition) is 3. The van der Waals surface area contributed by atoms with Crippen molar-refractivity contribution >= 4 is 17.6 Å². The molecular formula is C16H16N2O3. The van der Waals surface area contributed by atoms with Crippen molar-refractivity contribution in [2.24, 2.45) is 5.73 Å². The third-order valence-corrected chi connectivity index (χ3v) is 3.34. The van der Waals surface area contributed by atoms with Gasteiger partial charge in [0, 0.05) is 11.3 Å². The summed E-state index contributed by atoms with van der Waals surface area (Å²) in [6, 6.07) is 15.3. The fourth-order valence-corrected chi connectivity index (χ4v) is 2.03. The SMILES string of the molecule is CC(Nc1ccc(C(N)=O)cc1)(C(=O)O)c1ccccc1. The highest BCUT2D eigenvalue weighted by Crippen LogP contribution is 2.26. The van der Waals surface area contributed by atoms with Crippen molar-refractivity contribution in [1.82, 2.24) is 0 Å². The maximum absolute atomic E-state index is 11.7. The molecule has 0 spiro atoms. The van der Waals surface area contributed by atoms with Gasteiger partial charge in [-0.05, 0) is 36.8 Å². The van der Waals surface area contributed by atoms with E-state index in [0.29, 0.717) is 16.8 Å². The van der Waals surface area contributed by atoms with Gasteiger partial charge in [-0.1, -0.05) is 30.3 Å². The molecule has 1 unspecified atom stereocenters. The van der Waals surface area contributed by atoms with Gasteiger partial charge in [0.15, 0.2) is 5.54 Å². The van der Waals surface area contributed by atoms with E-state index in [1.165, 1.54) is 0 Å². The van der Waals surface area contributed by atoms with Crippen LogP contribution < -0.4 is 11.1 Å². The van der Waals surface area contributed by atoms with Crippen LogP contribution in [0.4, 0.5) is 5.69 Å². The fraction of sp³-hybridized carbons (Fsp3) is 0.125. The Morgan fingerprint density at radius 3 is 2.10 bits per heavy atom. The van der Waals surface area contributed by atoms with Gasteiger partial charge in [-0.15, -0.1) is 0 Å². The Morgan fingerprint density at radius 1 is 1.05 bits per heavy atom. The van der Waals surface area contributed by atoms with Crippen LogP contribution in [0, 0.1) is 0 Å². The Bertz CT molecular complexity index is 653. The smallest absolute Gasteiger partial charge is 0.333 e. The lowest BCUT2D eigenvalue weighted by Gasteiger charge is -2.28. The predicted molar refractivity (Wildman–Crippen MR) is 80.0 cm³/mol. The van der Waals surface area contributed by atoms with E-state index in [2.05, 4.69) is 5.32 Å². The zero-order valence-electron chi connectivity index (χ0n) is 11.5. The molecule has 0 aliphatic rings. The molecule has 0 aliphatic heterocycles. The molecule has 2 aromatic rings. The Labute approximate surface area is 122 Å². The minimum Gasteiger partial charge on any atom is -0.479 e. The first-order chi connectivity index (χ1) is 9.93. The Balaban J connectivity index is 2.33. The second kappa shape index (κ2) is 5.66. The Kier molecular flexibility index (Phi) is 3.93. The second-order valence-electron chi connectivity index (χ2n) is 4.86. The van der Waals surface area contributed by atoms with Crippen LogP contribution in [0.1, 0.15) is 22.8 Å². The molecule has 0 aliphatic carbocycles. The molecule has 5 nitrogen and oxygen atoms in total. The zero-order valence-corrected chi connectivity index (χ0v) is 11.5. The monoisotopic (exact) mass is 284 g/mol. The van der Waals surface area contributed by atoms with E-state index in [0.717, 1.165) is 0 Å². The van der Waals surface area contributed by atoms with Crippen LogP contribution in [0.15, 0.2) is 54.6 Å². The largest absolute Gasteiger partial charge is 0.479 e. The molecule has 0 aromatic heterocycles. The number of nitrogens with one attached hydrogen (secondary N) is 1. The molecular weight excluding hydrogens is 268 g/mol. The average Bonchev–Trinajstić information content (AvgIpc) is 2.48. The number of hydrogen-bond acceptors (Lipinski definition) is 3. The van der Waals surface area contributed by atoms with Gasteiger partial charge in [-0.2, -0.15) is 0 Å². The number of aliphatic carboxylic acids is 1. The number of benzene rings is 2. The lowest BCUT2D eigenvalue weighted by atomic mass is 9.91. The minimum absolute atomic E-state index is 0.372. The second-order valence-corrected chi connectivity index (χ2v) is 4.86. The van der Waals surface area contributed by atoms with Crippen molar-refractivity contribution < 1.29 is 14.7 Å². The first-order valence-electron chi connectivity index (χ1n) is 6.40. The van der Waals surface area contributed by atoms with Crippen LogP contribution in [0.25, 0.3) is 0 Å². The standard InChI is InChI=1S/C16H16N2O3/c1-16(15(20)21,12-5-3-2-4-6-12)18-13-9-7-11(8-10-13)14(17)19/h2-10,18H,1H3,(H2,17,19)(H,20,21). The Hall–Kier alpha value is -2.82. The number of anilines is 1. The van der Waals surface area contributed by atoms with E-state index in [9.17, 15) is 14.7 Å². The van der Waals surface area contributed by atoms with E-state index in [1.807, 2.05) is 6.07 Å². The number of carboxylic acid groups (broad SMARTS) is 1. The number of rotatable bonds is 5. The summed E-state index contributed by atoms with van der Waals surface area (Å²) in [5, 5.41) is 12.5. The van der Waals surface area contributed by atoms with Crippen LogP contribution in [0.2, 0.25) is 0 Å². The third kappa shape index (κ3) is 3.02. The molecule has 0 fully saturated rings. The van der Waals surface area contributed by atoms with Crippen molar-refractivity contribution in [1.29, 1.82) is 0 Å². The summed E-state index contributed by atoms with van der Waals surface area (Å²) in [7, 11) is 0. The molecule has 21 heavy (non-hydrogen) atoms. The average molecular weight is 284 g/mol. The van der Waals surface area contributed by atoms with Crippen LogP contribution in [0.3, 0.4) is 0 Å². The molecule has 1 atom stereocenters. The van der Waals surface area contributed by atoms with Gasteiger partial charge in [0.2, 0.25) is 5.91 Å². The van der Waals surface area contributed by atoms with E-state index in [-0.39, 0.29) is 0 Å². The van der Waals surface area contributed by atoms with Gasteiger partial charge in [-0.3, -0.25) is 4.79 Å². The van der Waals surface area contributed by atoms with Crippen molar-refractivity contribution in [2.75, 3.05) is 5.32 Å². The number of amides is 1. The van der Waals surface area contributed by atoms with Gasteiger partial charge in [0.05, 0.1) is 0 Å². The summed E-state index contributed by atoms with van der Waals surface area (Å²) >= 11 is 0. The summed E-state index contributed by atoms with van der Waals surface area (Å²) in [5.41, 5.74) is 5.51. The number of nitrogens with two attached hydrogens (primary N) is 1. The normalized spacial score (nSPS) is 13.2. The maximum Gasteiger partial charge on any atom is 0.333 e. The molecule has 2 aromatic carbocycles. The quantitative estimate of drug-likeness (QED) is 0.784. The lowest BCUT2D eigenvalue weighted by Crippen LogP contribution is -2.40. The molecule has 0 saturated heterocycles. The predicted octanol–water partition coefficient (Wildman–Crippen LogP) is 2.20. The van der Waals surface area contributed by atoms with Crippen molar-refractivity contribution in [3.05, 3.63) is 65.7 Å². The van der Waals surface area contributed by atoms with Crippen LogP contribution in [0.5, 0.6) is 0 Å². The lowest BCUT2D eigenvalue weighted by molar-refractivity contribution is -0.142. The van der Waals surface area contributed by atoms with Gasteiger partial charge < -0.3 is 16.2 Å². The maximum atomic E-state index is 11.7. The topological polar surface area (TPSA) is 92.4 Å². The summed E-state index contributed by atoms with van der Waals surface area (Å²) in [6.07, 6.45) is 0. The van der Waals surface area contributed by atoms with E-state index in [4.69, 9.17) is 5.73 Å². The highest BCUT2D eigenvalue weighted by Gasteiger charge is 2.34. The van der Waals surface area contributed by atoms with Crippen molar-refractivity contribution in [2.45, 2.75) is 12.5 Å². The first kappa shape index (κ1) is 14.6. The molecule has 1 amide bonds. The zero-order chi connectivity index (χ0) is 15.5. The molecule has 2 rings (SSSR count). The van der Waals surface area contributed by atoms with Crippen LogP contribution >= 0.6 is 0 Å². The third-order valence-electron chi connectivity index (χ3n) is 3.34. The van der Waals surface area contributed by atoms with Gasteiger partial charge >= 0.3 is 5.97 Å². The highest BCUT2D eigenvalue weighted by atomic mass is 16.4. The number of carbonyl (C=O) groups is 2. The molecule has 0 saturated carbocycles. The summed E-state index contributed by atoms with van der Waals surface area (Å²) in [4.78, 5) is 22.7. The summed E-state index contributed by atoms with van der Waals surface area (Å²) in [5.74, 6) is -1.52. The van der Waals surface area contributed by atoms with E-state index < -0.39 is 17.4 Å². The van der Waals surface area contributed by atoms with Gasteiger partial charge in [0.25, 0.3) is 0 Å². The fourth-order valence-electron chi connectivity index (χ4n) is 2.03. The number of primary amides is 1. The van der Waals surface area contributed by atoms with E-state index >= 15 is 0 Å². The van der Waals surface area contributed by atoms with Crippen molar-refractivity contribution in [3.8, 4) is 0 Å². The summed E-state index contributed by atoms with van der Waals surface area (Å²) < 4.78 is 0. The molecule has 0 heterocycles.